The maximum Gasteiger partial charge on any atom is 0.147 e. The summed E-state index contributed by atoms with van der Waals surface area (Å²) in [6.45, 7) is 6.31. The van der Waals surface area contributed by atoms with Crippen LogP contribution in [0, 0.1) is 25.5 Å². The van der Waals surface area contributed by atoms with Crippen LogP contribution in [-0.2, 0) is 13.1 Å². The van der Waals surface area contributed by atoms with Crippen LogP contribution in [0.4, 0.5) is 20.2 Å². The molecule has 2 aromatic rings. The second-order valence-electron chi connectivity index (χ2n) is 6.35. The molecule has 0 unspecified atom stereocenters. The van der Waals surface area contributed by atoms with E-state index in [0.717, 1.165) is 22.3 Å². The lowest BCUT2D eigenvalue weighted by Crippen LogP contribution is -2.27. The summed E-state index contributed by atoms with van der Waals surface area (Å²) >= 11 is 0. The van der Waals surface area contributed by atoms with Gasteiger partial charge in [0.25, 0.3) is 0 Å². The van der Waals surface area contributed by atoms with Crippen molar-refractivity contribution in [3.05, 3.63) is 58.2 Å². The molecule has 0 saturated carbocycles. The Kier molecular flexibility index (Phi) is 2.90. The zero-order valence-electron chi connectivity index (χ0n) is 12.8. The number of hydrogen-bond acceptors (Lipinski definition) is 2. The Morgan fingerprint density at radius 3 is 1.55 bits per heavy atom. The Labute approximate surface area is 129 Å². The first kappa shape index (κ1) is 13.6. The van der Waals surface area contributed by atoms with E-state index < -0.39 is 0 Å². The summed E-state index contributed by atoms with van der Waals surface area (Å²) in [6.07, 6.45) is 0. The molecule has 0 spiro atoms. The summed E-state index contributed by atoms with van der Waals surface area (Å²) in [7, 11) is 0. The van der Waals surface area contributed by atoms with Gasteiger partial charge in [-0.15, -0.1) is 0 Å². The van der Waals surface area contributed by atoms with Crippen molar-refractivity contribution < 1.29 is 8.78 Å². The number of anilines is 2. The van der Waals surface area contributed by atoms with Gasteiger partial charge in [-0.05, 0) is 48.2 Å². The first-order valence-corrected chi connectivity index (χ1v) is 7.61. The lowest BCUT2D eigenvalue weighted by Gasteiger charge is -2.29. The van der Waals surface area contributed by atoms with Gasteiger partial charge < -0.3 is 9.80 Å². The SMILES string of the molecule is Cc1cc(F)c2c(c1)CN1CCN2Cc2cc(C)cc(F)c21. The van der Waals surface area contributed by atoms with Crippen LogP contribution in [0.5, 0.6) is 0 Å². The zero-order chi connectivity index (χ0) is 15.4. The van der Waals surface area contributed by atoms with Crippen LogP contribution in [-0.4, -0.2) is 13.1 Å². The summed E-state index contributed by atoms with van der Waals surface area (Å²) < 4.78 is 29.0. The number of nitrogens with zero attached hydrogens (tertiary/aromatic N) is 2. The molecule has 0 radical (unpaired) electrons. The van der Waals surface area contributed by atoms with E-state index in [-0.39, 0.29) is 11.6 Å². The van der Waals surface area contributed by atoms with Crippen LogP contribution in [0.2, 0.25) is 0 Å². The van der Waals surface area contributed by atoms with Crippen LogP contribution in [0.1, 0.15) is 22.3 Å². The third kappa shape index (κ3) is 1.97. The third-order valence-electron chi connectivity index (χ3n) is 4.57. The Hall–Kier alpha value is -2.10. The van der Waals surface area contributed by atoms with Gasteiger partial charge in [-0.1, -0.05) is 12.1 Å². The average Bonchev–Trinajstić information content (AvgIpc) is 2.67. The van der Waals surface area contributed by atoms with Gasteiger partial charge in [-0.2, -0.15) is 0 Å². The molecule has 0 atom stereocenters. The maximum atomic E-state index is 14.5. The first-order valence-electron chi connectivity index (χ1n) is 7.61. The van der Waals surface area contributed by atoms with Gasteiger partial charge in [0.1, 0.15) is 11.6 Å². The van der Waals surface area contributed by atoms with Crippen LogP contribution in [0.3, 0.4) is 0 Å². The van der Waals surface area contributed by atoms with Crippen LogP contribution in [0.25, 0.3) is 0 Å². The molecule has 2 nitrogen and oxygen atoms in total. The fourth-order valence-electron chi connectivity index (χ4n) is 3.75. The van der Waals surface area contributed by atoms with Crippen molar-refractivity contribution >= 4 is 11.4 Å². The summed E-state index contributed by atoms with van der Waals surface area (Å²) in [4.78, 5) is 4.10. The molecule has 2 aliphatic rings. The predicted molar refractivity (Wildman–Crippen MR) is 84.4 cm³/mol. The topological polar surface area (TPSA) is 6.48 Å². The summed E-state index contributed by atoms with van der Waals surface area (Å²) in [6, 6.07) is 7.20. The van der Waals surface area contributed by atoms with Crippen molar-refractivity contribution in [3.8, 4) is 0 Å². The molecule has 4 heteroatoms. The second-order valence-corrected chi connectivity index (χ2v) is 6.35. The van der Waals surface area contributed by atoms with Crippen molar-refractivity contribution in [1.82, 2.24) is 0 Å². The number of benzene rings is 2. The van der Waals surface area contributed by atoms with Crippen molar-refractivity contribution in [2.24, 2.45) is 0 Å². The molecule has 4 rings (SSSR count). The minimum atomic E-state index is -0.173. The first-order chi connectivity index (χ1) is 10.5. The number of aryl methyl sites for hydroxylation is 2. The lowest BCUT2D eigenvalue weighted by atomic mass is 10.0. The largest absolute Gasteiger partial charge is 0.363 e. The van der Waals surface area contributed by atoms with Gasteiger partial charge in [0.2, 0.25) is 0 Å². The van der Waals surface area contributed by atoms with Crippen LogP contribution < -0.4 is 9.80 Å². The molecule has 114 valence electrons. The molecule has 2 heterocycles. The van der Waals surface area contributed by atoms with Gasteiger partial charge in [0.15, 0.2) is 0 Å². The second kappa shape index (κ2) is 4.70. The highest BCUT2D eigenvalue weighted by Crippen LogP contribution is 2.38. The molecular formula is C18H18F2N2. The quantitative estimate of drug-likeness (QED) is 0.727. The Bertz CT molecular complexity index is 705. The summed E-state index contributed by atoms with van der Waals surface area (Å²) in [5.74, 6) is -0.346. The molecule has 0 saturated heterocycles. The molecule has 0 N–H and O–H groups in total. The molecule has 22 heavy (non-hydrogen) atoms. The molecule has 0 fully saturated rings. The summed E-state index contributed by atoms with van der Waals surface area (Å²) in [5, 5.41) is 0. The molecular weight excluding hydrogens is 282 g/mol. The van der Waals surface area contributed by atoms with Crippen LogP contribution >= 0.6 is 0 Å². The zero-order valence-corrected chi connectivity index (χ0v) is 12.8. The maximum absolute atomic E-state index is 14.5. The van der Waals surface area contributed by atoms with Crippen molar-refractivity contribution in [3.63, 3.8) is 0 Å². The fraction of sp³-hybridized carbons (Fsp3) is 0.333. The van der Waals surface area contributed by atoms with Gasteiger partial charge in [-0.3, -0.25) is 0 Å². The smallest absolute Gasteiger partial charge is 0.147 e. The van der Waals surface area contributed by atoms with Crippen LogP contribution in [0.15, 0.2) is 24.3 Å². The van der Waals surface area contributed by atoms with Gasteiger partial charge in [0.05, 0.1) is 11.4 Å². The molecule has 2 aromatic carbocycles. The molecule has 2 aliphatic heterocycles. The lowest BCUT2D eigenvalue weighted by molar-refractivity contribution is 0.612. The van der Waals surface area contributed by atoms with Gasteiger partial charge in [0, 0.05) is 26.2 Å². The highest BCUT2D eigenvalue weighted by molar-refractivity contribution is 5.66. The monoisotopic (exact) mass is 300 g/mol. The van der Waals surface area contributed by atoms with Crippen molar-refractivity contribution in [2.75, 3.05) is 22.9 Å². The number of fused-ring (bicyclic) bond motifs is 7. The summed E-state index contributed by atoms with van der Waals surface area (Å²) in [5.41, 5.74) is 5.06. The Morgan fingerprint density at radius 2 is 1.14 bits per heavy atom. The number of rotatable bonds is 0. The highest BCUT2D eigenvalue weighted by atomic mass is 19.1. The predicted octanol–water partition coefficient (Wildman–Crippen LogP) is 3.92. The van der Waals surface area contributed by atoms with E-state index in [1.54, 1.807) is 12.1 Å². The van der Waals surface area contributed by atoms with Crippen molar-refractivity contribution in [2.45, 2.75) is 26.9 Å². The highest BCUT2D eigenvalue weighted by Gasteiger charge is 2.30. The minimum Gasteiger partial charge on any atom is -0.363 e. The molecule has 0 amide bonds. The van der Waals surface area contributed by atoms with E-state index >= 15 is 0 Å². The molecule has 2 bridgehead atoms. The third-order valence-corrected chi connectivity index (χ3v) is 4.57. The van der Waals surface area contributed by atoms with Gasteiger partial charge in [-0.25, -0.2) is 8.78 Å². The average molecular weight is 300 g/mol. The molecule has 0 aliphatic carbocycles. The Morgan fingerprint density at radius 1 is 0.727 bits per heavy atom. The van der Waals surface area contributed by atoms with Gasteiger partial charge >= 0.3 is 0 Å². The number of hydrogen-bond donors (Lipinski definition) is 0. The van der Waals surface area contributed by atoms with E-state index in [1.165, 1.54) is 0 Å². The van der Waals surface area contributed by atoms with E-state index in [4.69, 9.17) is 0 Å². The van der Waals surface area contributed by atoms with E-state index in [0.29, 0.717) is 37.6 Å². The minimum absolute atomic E-state index is 0.173. The Balaban J connectivity index is 1.93. The fourth-order valence-corrected chi connectivity index (χ4v) is 3.75. The number of halogens is 2. The molecule has 0 aromatic heterocycles. The van der Waals surface area contributed by atoms with E-state index in [9.17, 15) is 8.78 Å². The normalized spacial score (nSPS) is 16.2. The van der Waals surface area contributed by atoms with E-state index in [2.05, 4.69) is 9.80 Å². The van der Waals surface area contributed by atoms with E-state index in [1.807, 2.05) is 26.0 Å². The standard InChI is InChI=1S/C18H18F2N2/c1-11-5-13-9-21-3-4-22(17(13)15(19)7-11)10-14-6-12(2)8-16(20)18(14)21/h5-8H,3-4,9-10H2,1-2H3. The van der Waals surface area contributed by atoms with Crippen molar-refractivity contribution in [1.29, 1.82) is 0 Å².